The zero-order chi connectivity index (χ0) is 14.5. The number of nitrogens with one attached hydrogen (secondary N) is 1. The summed E-state index contributed by atoms with van der Waals surface area (Å²) in [5, 5.41) is 12.4. The molecule has 20 heavy (non-hydrogen) atoms. The number of rotatable bonds is 5. The lowest BCUT2D eigenvalue weighted by Crippen LogP contribution is -2.16. The Labute approximate surface area is 126 Å². The van der Waals surface area contributed by atoms with Crippen LogP contribution in [-0.2, 0) is 6.42 Å². The van der Waals surface area contributed by atoms with Crippen LogP contribution in [0.1, 0.15) is 18.9 Å². The minimum Gasteiger partial charge on any atom is -0.508 e. The van der Waals surface area contributed by atoms with E-state index in [1.54, 1.807) is 24.3 Å². The van der Waals surface area contributed by atoms with Crippen molar-refractivity contribution in [3.05, 3.63) is 58.3 Å². The summed E-state index contributed by atoms with van der Waals surface area (Å²) in [6.07, 6.45) is 1.76. The number of hydrogen-bond donors (Lipinski definition) is 2. The van der Waals surface area contributed by atoms with Crippen molar-refractivity contribution in [2.75, 3.05) is 5.32 Å². The van der Waals surface area contributed by atoms with Crippen molar-refractivity contribution in [2.45, 2.75) is 25.8 Å². The molecule has 0 radical (unpaired) electrons. The molecule has 0 spiro atoms. The van der Waals surface area contributed by atoms with E-state index in [1.165, 1.54) is 6.07 Å². The Morgan fingerprint density at radius 3 is 2.60 bits per heavy atom. The molecule has 1 unspecified atom stereocenters. The van der Waals surface area contributed by atoms with E-state index in [0.29, 0.717) is 5.69 Å². The Hall–Kier alpha value is -1.55. The summed E-state index contributed by atoms with van der Waals surface area (Å²) < 4.78 is 14.5. The predicted octanol–water partition coefficient (Wildman–Crippen LogP) is 4.73. The number of phenols is 1. The van der Waals surface area contributed by atoms with E-state index in [0.717, 1.165) is 22.9 Å². The molecule has 2 nitrogen and oxygen atoms in total. The first-order valence-corrected chi connectivity index (χ1v) is 7.33. The van der Waals surface area contributed by atoms with Crippen molar-refractivity contribution in [1.29, 1.82) is 0 Å². The molecule has 0 aromatic heterocycles. The van der Waals surface area contributed by atoms with Gasteiger partial charge in [0.1, 0.15) is 11.6 Å². The molecule has 0 aliphatic rings. The third-order valence-electron chi connectivity index (χ3n) is 3.13. The molecule has 2 aromatic carbocycles. The number of aryl methyl sites for hydroxylation is 1. The maximum Gasteiger partial charge on any atom is 0.146 e. The van der Waals surface area contributed by atoms with Gasteiger partial charge in [0, 0.05) is 10.5 Å². The van der Waals surface area contributed by atoms with Crippen LogP contribution in [0.15, 0.2) is 46.9 Å². The second-order valence-electron chi connectivity index (χ2n) is 4.87. The third kappa shape index (κ3) is 4.23. The highest BCUT2D eigenvalue weighted by Crippen LogP contribution is 2.21. The van der Waals surface area contributed by atoms with Crippen LogP contribution in [0.5, 0.6) is 5.75 Å². The van der Waals surface area contributed by atoms with Crippen LogP contribution in [-0.4, -0.2) is 11.1 Å². The zero-order valence-corrected chi connectivity index (χ0v) is 12.8. The summed E-state index contributed by atoms with van der Waals surface area (Å²) in [6, 6.07) is 12.2. The van der Waals surface area contributed by atoms with Crippen LogP contribution in [0.3, 0.4) is 0 Å². The fraction of sp³-hybridized carbons (Fsp3) is 0.250. The topological polar surface area (TPSA) is 32.3 Å². The zero-order valence-electron chi connectivity index (χ0n) is 11.2. The van der Waals surface area contributed by atoms with Gasteiger partial charge in [-0.1, -0.05) is 28.1 Å². The number of aromatic hydroxyl groups is 1. The minimum atomic E-state index is -0.246. The maximum absolute atomic E-state index is 13.6. The van der Waals surface area contributed by atoms with Crippen LogP contribution >= 0.6 is 15.9 Å². The van der Waals surface area contributed by atoms with Crippen LogP contribution in [0, 0.1) is 5.82 Å². The Bertz CT molecular complexity index is 571. The molecule has 0 aliphatic carbocycles. The van der Waals surface area contributed by atoms with Crippen molar-refractivity contribution in [3.8, 4) is 5.75 Å². The summed E-state index contributed by atoms with van der Waals surface area (Å²) >= 11 is 3.34. The highest BCUT2D eigenvalue weighted by Gasteiger charge is 2.07. The van der Waals surface area contributed by atoms with Crippen LogP contribution in [0.2, 0.25) is 0 Å². The summed E-state index contributed by atoms with van der Waals surface area (Å²) in [6.45, 7) is 2.03. The molecular formula is C16H17BrFNO. The summed E-state index contributed by atoms with van der Waals surface area (Å²) in [4.78, 5) is 0. The third-order valence-corrected chi connectivity index (χ3v) is 3.63. The van der Waals surface area contributed by atoms with E-state index in [2.05, 4.69) is 21.2 Å². The monoisotopic (exact) mass is 337 g/mol. The second kappa shape index (κ2) is 6.75. The number of benzene rings is 2. The van der Waals surface area contributed by atoms with Crippen molar-refractivity contribution in [2.24, 2.45) is 0 Å². The number of halogens is 2. The van der Waals surface area contributed by atoms with Gasteiger partial charge in [-0.15, -0.1) is 0 Å². The molecular weight excluding hydrogens is 321 g/mol. The fourth-order valence-corrected chi connectivity index (χ4v) is 2.35. The summed E-state index contributed by atoms with van der Waals surface area (Å²) in [5.74, 6) is 0.0285. The van der Waals surface area contributed by atoms with Gasteiger partial charge >= 0.3 is 0 Å². The molecule has 2 rings (SSSR count). The summed E-state index contributed by atoms with van der Waals surface area (Å²) in [7, 11) is 0. The van der Waals surface area contributed by atoms with Crippen LogP contribution in [0.4, 0.5) is 10.1 Å². The van der Waals surface area contributed by atoms with E-state index >= 15 is 0 Å². The van der Waals surface area contributed by atoms with Crippen LogP contribution < -0.4 is 5.32 Å². The fourth-order valence-electron chi connectivity index (χ4n) is 1.99. The highest BCUT2D eigenvalue weighted by atomic mass is 79.9. The van der Waals surface area contributed by atoms with E-state index in [4.69, 9.17) is 0 Å². The van der Waals surface area contributed by atoms with Crippen LogP contribution in [0.25, 0.3) is 0 Å². The molecule has 4 heteroatoms. The first-order valence-electron chi connectivity index (χ1n) is 6.54. The van der Waals surface area contributed by atoms with Gasteiger partial charge in [-0.25, -0.2) is 4.39 Å². The Kier molecular flexibility index (Phi) is 5.01. The van der Waals surface area contributed by atoms with Gasteiger partial charge in [0.05, 0.1) is 5.69 Å². The normalized spacial score (nSPS) is 12.2. The van der Waals surface area contributed by atoms with Gasteiger partial charge in [0.2, 0.25) is 0 Å². The molecule has 106 valence electrons. The maximum atomic E-state index is 13.6. The first kappa shape index (κ1) is 14.9. The molecule has 0 bridgehead atoms. The Morgan fingerprint density at radius 2 is 1.90 bits per heavy atom. The Balaban J connectivity index is 1.90. The molecule has 0 saturated carbocycles. The quantitative estimate of drug-likeness (QED) is 0.826. The van der Waals surface area contributed by atoms with Gasteiger partial charge in [0.25, 0.3) is 0 Å². The highest BCUT2D eigenvalue weighted by molar-refractivity contribution is 9.10. The molecule has 0 amide bonds. The molecule has 1 atom stereocenters. The number of hydrogen-bond acceptors (Lipinski definition) is 2. The molecule has 2 aromatic rings. The van der Waals surface area contributed by atoms with Crippen molar-refractivity contribution in [3.63, 3.8) is 0 Å². The lowest BCUT2D eigenvalue weighted by molar-refractivity contribution is 0.475. The largest absolute Gasteiger partial charge is 0.508 e. The van der Waals surface area contributed by atoms with E-state index in [9.17, 15) is 9.50 Å². The second-order valence-corrected chi connectivity index (χ2v) is 5.79. The average molecular weight is 338 g/mol. The lowest BCUT2D eigenvalue weighted by Gasteiger charge is -2.16. The molecule has 0 aliphatic heterocycles. The van der Waals surface area contributed by atoms with Gasteiger partial charge < -0.3 is 10.4 Å². The molecule has 2 N–H and O–H groups in total. The van der Waals surface area contributed by atoms with Gasteiger partial charge in [-0.2, -0.15) is 0 Å². The van der Waals surface area contributed by atoms with Gasteiger partial charge in [-0.05, 0) is 55.7 Å². The van der Waals surface area contributed by atoms with E-state index in [-0.39, 0.29) is 17.6 Å². The standard InChI is InChI=1S/C16H17BrFNO/c1-11(2-3-12-4-7-14(20)8-5-12)19-16-10-13(17)6-9-15(16)18/h4-11,19-20H,2-3H2,1H3. The van der Waals surface area contributed by atoms with Crippen molar-refractivity contribution in [1.82, 2.24) is 0 Å². The SMILES string of the molecule is CC(CCc1ccc(O)cc1)Nc1cc(Br)ccc1F. The molecule has 0 fully saturated rings. The Morgan fingerprint density at radius 1 is 1.20 bits per heavy atom. The molecule has 0 heterocycles. The number of phenolic OH excluding ortho intramolecular Hbond substituents is 1. The van der Waals surface area contributed by atoms with Crippen molar-refractivity contribution < 1.29 is 9.50 Å². The van der Waals surface area contributed by atoms with Gasteiger partial charge in [0.15, 0.2) is 0 Å². The van der Waals surface area contributed by atoms with E-state index < -0.39 is 0 Å². The van der Waals surface area contributed by atoms with Gasteiger partial charge in [-0.3, -0.25) is 0 Å². The van der Waals surface area contributed by atoms with Crippen molar-refractivity contribution >= 4 is 21.6 Å². The summed E-state index contributed by atoms with van der Waals surface area (Å²) in [5.41, 5.74) is 1.67. The predicted molar refractivity (Wildman–Crippen MR) is 83.6 cm³/mol. The average Bonchev–Trinajstić information content (AvgIpc) is 2.42. The smallest absolute Gasteiger partial charge is 0.146 e. The number of anilines is 1. The lowest BCUT2D eigenvalue weighted by atomic mass is 10.1. The first-order chi connectivity index (χ1) is 9.54. The molecule has 0 saturated heterocycles. The minimum absolute atomic E-state index is 0.160. The van der Waals surface area contributed by atoms with E-state index in [1.807, 2.05) is 19.1 Å².